The molecular formula is C28H23F6N3O2. The minimum atomic E-state index is -5.01. The number of hydrogen-bond donors (Lipinski definition) is 2. The maximum absolute atomic E-state index is 13.5. The molecule has 0 radical (unpaired) electrons. The molecule has 1 heterocycles. The minimum Gasteiger partial charge on any atom is -0.361 e. The smallest absolute Gasteiger partial charge is 0.361 e. The van der Waals surface area contributed by atoms with Gasteiger partial charge in [-0.2, -0.15) is 26.3 Å². The van der Waals surface area contributed by atoms with Crippen LogP contribution in [-0.4, -0.2) is 34.8 Å². The van der Waals surface area contributed by atoms with Gasteiger partial charge in [-0.3, -0.25) is 9.59 Å². The Kier molecular flexibility index (Phi) is 7.71. The normalized spacial score (nSPS) is 12.8. The fourth-order valence-corrected chi connectivity index (χ4v) is 4.28. The van der Waals surface area contributed by atoms with Gasteiger partial charge in [0.05, 0.1) is 11.1 Å². The summed E-state index contributed by atoms with van der Waals surface area (Å²) in [4.78, 5) is 30.5. The molecule has 204 valence electrons. The van der Waals surface area contributed by atoms with Gasteiger partial charge in [0.2, 0.25) is 5.91 Å². The Bertz CT molecular complexity index is 1450. The van der Waals surface area contributed by atoms with Crippen LogP contribution in [0.1, 0.15) is 32.6 Å². The zero-order chi connectivity index (χ0) is 28.4. The molecule has 0 saturated carbocycles. The average Bonchev–Trinajstić information content (AvgIpc) is 3.30. The van der Waals surface area contributed by atoms with E-state index in [1.54, 1.807) is 42.6 Å². The van der Waals surface area contributed by atoms with Gasteiger partial charge in [0.1, 0.15) is 6.04 Å². The number of carbonyl (C=O) groups is 2. The third-order valence-corrected chi connectivity index (χ3v) is 6.18. The topological polar surface area (TPSA) is 65.2 Å². The first kappa shape index (κ1) is 27.7. The summed E-state index contributed by atoms with van der Waals surface area (Å²) >= 11 is 0. The van der Waals surface area contributed by atoms with Crippen molar-refractivity contribution in [1.82, 2.24) is 15.2 Å². The van der Waals surface area contributed by atoms with Gasteiger partial charge in [-0.25, -0.2) is 0 Å². The quantitative estimate of drug-likeness (QED) is 0.271. The fraction of sp³-hybridized carbons (Fsp3) is 0.214. The Morgan fingerprint density at radius 3 is 2.08 bits per heavy atom. The maximum Gasteiger partial charge on any atom is 0.416 e. The number of likely N-dealkylation sites (N-methyl/N-ethyl adjacent to an activating group) is 1. The summed E-state index contributed by atoms with van der Waals surface area (Å²) in [6, 6.07) is 15.4. The molecule has 0 aliphatic rings. The van der Waals surface area contributed by atoms with Gasteiger partial charge in [0.15, 0.2) is 0 Å². The highest BCUT2D eigenvalue weighted by Crippen LogP contribution is 2.36. The van der Waals surface area contributed by atoms with Crippen LogP contribution in [0.15, 0.2) is 79.0 Å². The van der Waals surface area contributed by atoms with E-state index in [0.717, 1.165) is 15.8 Å². The molecule has 0 spiro atoms. The molecule has 5 nitrogen and oxygen atoms in total. The predicted molar refractivity (Wildman–Crippen MR) is 133 cm³/mol. The summed E-state index contributed by atoms with van der Waals surface area (Å²) in [6.07, 6.45) is -8.32. The van der Waals surface area contributed by atoms with Crippen molar-refractivity contribution in [3.8, 4) is 0 Å². The minimum absolute atomic E-state index is 0.0299. The highest BCUT2D eigenvalue weighted by atomic mass is 19.4. The maximum atomic E-state index is 13.5. The molecule has 1 atom stereocenters. The Morgan fingerprint density at radius 1 is 0.872 bits per heavy atom. The number of H-pyrrole nitrogens is 1. The third-order valence-electron chi connectivity index (χ3n) is 6.18. The van der Waals surface area contributed by atoms with Crippen LogP contribution in [0.4, 0.5) is 26.3 Å². The molecule has 3 aromatic carbocycles. The molecule has 4 rings (SSSR count). The molecule has 0 aliphatic heterocycles. The van der Waals surface area contributed by atoms with Crippen molar-refractivity contribution in [1.29, 1.82) is 0 Å². The van der Waals surface area contributed by atoms with E-state index in [9.17, 15) is 35.9 Å². The predicted octanol–water partition coefficient (Wildman–Crippen LogP) is 6.21. The van der Waals surface area contributed by atoms with E-state index >= 15 is 0 Å². The summed E-state index contributed by atoms with van der Waals surface area (Å²) in [5, 5.41) is 3.48. The van der Waals surface area contributed by atoms with Gasteiger partial charge in [-0.15, -0.1) is 0 Å². The van der Waals surface area contributed by atoms with Crippen LogP contribution in [0, 0.1) is 0 Å². The first-order valence-electron chi connectivity index (χ1n) is 11.8. The number of halogens is 6. The highest BCUT2D eigenvalue weighted by molar-refractivity contribution is 5.97. The van der Waals surface area contributed by atoms with Gasteiger partial charge in [-0.1, -0.05) is 36.4 Å². The number of benzene rings is 3. The van der Waals surface area contributed by atoms with Gasteiger partial charge < -0.3 is 15.2 Å². The van der Waals surface area contributed by atoms with Crippen LogP contribution in [0.5, 0.6) is 0 Å². The van der Waals surface area contributed by atoms with Gasteiger partial charge in [0, 0.05) is 42.7 Å². The Morgan fingerprint density at radius 2 is 1.46 bits per heavy atom. The fourth-order valence-electron chi connectivity index (χ4n) is 4.28. The summed E-state index contributed by atoms with van der Waals surface area (Å²) in [6.45, 7) is -0.544. The van der Waals surface area contributed by atoms with Crippen molar-refractivity contribution >= 4 is 22.7 Å². The molecule has 0 fully saturated rings. The summed E-state index contributed by atoms with van der Waals surface area (Å²) in [5.41, 5.74) is -1.52. The molecule has 2 N–H and O–H groups in total. The van der Waals surface area contributed by atoms with Crippen molar-refractivity contribution in [3.05, 3.63) is 107 Å². The van der Waals surface area contributed by atoms with E-state index in [-0.39, 0.29) is 23.6 Å². The third kappa shape index (κ3) is 6.60. The number of fused-ring (bicyclic) bond motifs is 1. The number of amides is 2. The monoisotopic (exact) mass is 547 g/mol. The molecule has 0 unspecified atom stereocenters. The second-order valence-electron chi connectivity index (χ2n) is 9.06. The van der Waals surface area contributed by atoms with Crippen molar-refractivity contribution in [2.45, 2.75) is 31.4 Å². The molecule has 0 aliphatic carbocycles. The van der Waals surface area contributed by atoms with E-state index < -0.39 is 47.9 Å². The van der Waals surface area contributed by atoms with E-state index in [1.807, 2.05) is 18.2 Å². The van der Waals surface area contributed by atoms with Crippen molar-refractivity contribution in [2.24, 2.45) is 0 Å². The number of alkyl halides is 6. The van der Waals surface area contributed by atoms with Crippen molar-refractivity contribution in [2.75, 3.05) is 7.05 Å². The van der Waals surface area contributed by atoms with Crippen LogP contribution in [0.3, 0.4) is 0 Å². The van der Waals surface area contributed by atoms with Gasteiger partial charge in [-0.05, 0) is 47.5 Å². The number of rotatable bonds is 7. The molecule has 4 aromatic rings. The van der Waals surface area contributed by atoms with Crippen LogP contribution in [0.2, 0.25) is 0 Å². The van der Waals surface area contributed by atoms with Crippen LogP contribution in [-0.2, 0) is 30.1 Å². The molecule has 11 heteroatoms. The summed E-state index contributed by atoms with van der Waals surface area (Å²) < 4.78 is 79.8. The standard InChI is InChI=1S/C28H23F6N3O2/c1-37(16-17-11-20(27(29,30)31)14-21(12-17)28(32,33)34)26(39)24(36-25(38)18-7-3-2-4-8-18)13-19-15-35-23-10-6-5-9-22(19)23/h2-12,14-15,24,35H,13,16H2,1H3,(H,36,38)/t24-/m0/s1. The lowest BCUT2D eigenvalue weighted by molar-refractivity contribution is -0.143. The number of nitrogens with one attached hydrogen (secondary N) is 2. The lowest BCUT2D eigenvalue weighted by atomic mass is 10.0. The second-order valence-corrected chi connectivity index (χ2v) is 9.06. The highest BCUT2D eigenvalue weighted by Gasteiger charge is 2.37. The van der Waals surface area contributed by atoms with Crippen molar-refractivity contribution in [3.63, 3.8) is 0 Å². The molecule has 1 aromatic heterocycles. The first-order valence-corrected chi connectivity index (χ1v) is 11.8. The van der Waals surface area contributed by atoms with Crippen molar-refractivity contribution < 1.29 is 35.9 Å². The Balaban J connectivity index is 1.63. The van der Waals surface area contributed by atoms with E-state index in [1.165, 1.54) is 7.05 Å². The molecular weight excluding hydrogens is 524 g/mol. The Labute approximate surface area is 219 Å². The largest absolute Gasteiger partial charge is 0.416 e. The van der Waals surface area contributed by atoms with Crippen LogP contribution < -0.4 is 5.32 Å². The second kappa shape index (κ2) is 10.8. The van der Waals surface area contributed by atoms with E-state index in [4.69, 9.17) is 0 Å². The molecule has 0 bridgehead atoms. The average molecular weight is 547 g/mol. The SMILES string of the molecule is CN(Cc1cc(C(F)(F)F)cc(C(F)(F)F)c1)C(=O)[C@H](Cc1c[nH]c2ccccc12)NC(=O)c1ccccc1. The number of aromatic amines is 1. The first-order chi connectivity index (χ1) is 18.3. The zero-order valence-corrected chi connectivity index (χ0v) is 20.5. The van der Waals surface area contributed by atoms with Gasteiger partial charge >= 0.3 is 12.4 Å². The molecule has 2 amide bonds. The van der Waals surface area contributed by atoms with E-state index in [2.05, 4.69) is 10.3 Å². The number of aromatic nitrogens is 1. The lowest BCUT2D eigenvalue weighted by Crippen LogP contribution is -2.48. The van der Waals surface area contributed by atoms with Crippen LogP contribution >= 0.6 is 0 Å². The number of carbonyl (C=O) groups excluding carboxylic acids is 2. The lowest BCUT2D eigenvalue weighted by Gasteiger charge is -2.25. The van der Waals surface area contributed by atoms with E-state index in [0.29, 0.717) is 17.7 Å². The molecule has 39 heavy (non-hydrogen) atoms. The number of para-hydroxylation sites is 1. The summed E-state index contributed by atoms with van der Waals surface area (Å²) in [7, 11) is 1.26. The number of hydrogen-bond acceptors (Lipinski definition) is 2. The van der Waals surface area contributed by atoms with Crippen LogP contribution in [0.25, 0.3) is 10.9 Å². The van der Waals surface area contributed by atoms with Gasteiger partial charge in [0.25, 0.3) is 5.91 Å². The molecule has 0 saturated heterocycles. The summed E-state index contributed by atoms with van der Waals surface area (Å²) in [5.74, 6) is -1.24. The Hall–Kier alpha value is -4.28. The number of nitrogens with zero attached hydrogens (tertiary/aromatic N) is 1. The zero-order valence-electron chi connectivity index (χ0n) is 20.5.